The number of halogens is 2. The molecular formula is C25H17ClFNO5S. The smallest absolute Gasteiger partial charge is 0.335 e. The Kier molecular flexibility index (Phi) is 7.00. The third-order valence-corrected chi connectivity index (χ3v) is 6.31. The van der Waals surface area contributed by atoms with Crippen LogP contribution in [0.4, 0.5) is 9.18 Å². The first-order chi connectivity index (χ1) is 16.3. The van der Waals surface area contributed by atoms with Gasteiger partial charge in [0.05, 0.1) is 17.0 Å². The van der Waals surface area contributed by atoms with E-state index in [2.05, 4.69) is 0 Å². The molecule has 1 N–H and O–H groups in total. The highest BCUT2D eigenvalue weighted by molar-refractivity contribution is 8.18. The Morgan fingerprint density at radius 2 is 1.79 bits per heavy atom. The minimum atomic E-state index is -1.01. The Hall–Kier alpha value is -3.62. The van der Waals surface area contributed by atoms with Crippen molar-refractivity contribution < 1.29 is 28.6 Å². The fraction of sp³-hybridized carbons (Fsp3) is 0.0800. The van der Waals surface area contributed by atoms with Crippen molar-refractivity contribution in [2.45, 2.75) is 13.2 Å². The van der Waals surface area contributed by atoms with E-state index in [1.807, 2.05) is 0 Å². The van der Waals surface area contributed by atoms with Crippen molar-refractivity contribution in [3.8, 4) is 5.75 Å². The van der Waals surface area contributed by atoms with Crippen molar-refractivity contribution in [1.29, 1.82) is 0 Å². The first kappa shape index (κ1) is 23.5. The maximum absolute atomic E-state index is 14.1. The number of carboxylic acids is 1. The second-order valence-corrected chi connectivity index (χ2v) is 8.70. The van der Waals surface area contributed by atoms with E-state index in [0.29, 0.717) is 11.3 Å². The summed E-state index contributed by atoms with van der Waals surface area (Å²) in [6, 6.07) is 17.5. The van der Waals surface area contributed by atoms with Crippen LogP contribution in [0, 0.1) is 5.82 Å². The lowest BCUT2D eigenvalue weighted by Crippen LogP contribution is -2.28. The Morgan fingerprint density at radius 1 is 1.06 bits per heavy atom. The number of aromatic carboxylic acids is 1. The van der Waals surface area contributed by atoms with Crippen LogP contribution in [-0.4, -0.2) is 27.1 Å². The van der Waals surface area contributed by atoms with E-state index in [9.17, 15) is 18.8 Å². The summed E-state index contributed by atoms with van der Waals surface area (Å²) in [6.45, 7) is -0.0873. The molecule has 1 aliphatic rings. The average Bonchev–Trinajstić information content (AvgIpc) is 3.08. The van der Waals surface area contributed by atoms with Gasteiger partial charge in [-0.2, -0.15) is 0 Å². The van der Waals surface area contributed by atoms with E-state index in [1.165, 1.54) is 30.3 Å². The van der Waals surface area contributed by atoms with Crippen LogP contribution >= 0.6 is 23.4 Å². The van der Waals surface area contributed by atoms with E-state index in [0.717, 1.165) is 22.2 Å². The summed E-state index contributed by atoms with van der Waals surface area (Å²) in [5.41, 5.74) is 1.60. The number of benzene rings is 3. The van der Waals surface area contributed by atoms with E-state index in [-0.39, 0.29) is 34.2 Å². The van der Waals surface area contributed by atoms with Gasteiger partial charge in [-0.3, -0.25) is 14.5 Å². The lowest BCUT2D eigenvalue weighted by Gasteiger charge is -2.14. The predicted octanol–water partition coefficient (Wildman–Crippen LogP) is 5.99. The number of carbonyl (C=O) groups excluding carboxylic acids is 2. The minimum Gasteiger partial charge on any atom is -0.488 e. The largest absolute Gasteiger partial charge is 0.488 e. The highest BCUT2D eigenvalue weighted by Gasteiger charge is 2.36. The van der Waals surface area contributed by atoms with E-state index in [4.69, 9.17) is 21.4 Å². The molecule has 1 fully saturated rings. The Bertz CT molecular complexity index is 1290. The molecule has 0 unspecified atom stereocenters. The van der Waals surface area contributed by atoms with Crippen LogP contribution in [0.3, 0.4) is 0 Å². The first-order valence-corrected chi connectivity index (χ1v) is 11.3. The number of hydrogen-bond acceptors (Lipinski definition) is 5. The molecular weight excluding hydrogens is 481 g/mol. The summed E-state index contributed by atoms with van der Waals surface area (Å²) in [6.07, 6.45) is 1.55. The number of rotatable bonds is 7. The van der Waals surface area contributed by atoms with E-state index >= 15 is 0 Å². The van der Waals surface area contributed by atoms with Crippen molar-refractivity contribution in [2.75, 3.05) is 0 Å². The number of nitrogens with zero attached hydrogens (tertiary/aromatic N) is 1. The molecule has 0 aromatic heterocycles. The maximum Gasteiger partial charge on any atom is 0.335 e. The van der Waals surface area contributed by atoms with Gasteiger partial charge in [-0.25, -0.2) is 9.18 Å². The van der Waals surface area contributed by atoms with Crippen LogP contribution in [-0.2, 0) is 17.9 Å². The summed E-state index contributed by atoms with van der Waals surface area (Å²) < 4.78 is 20.0. The molecule has 0 bridgehead atoms. The molecule has 1 heterocycles. The number of thioether (sulfide) groups is 1. The summed E-state index contributed by atoms with van der Waals surface area (Å²) in [5, 5.41) is 8.62. The number of hydrogen-bond donors (Lipinski definition) is 1. The Morgan fingerprint density at radius 3 is 2.50 bits per heavy atom. The highest BCUT2D eigenvalue weighted by Crippen LogP contribution is 2.36. The third kappa shape index (κ3) is 5.13. The SMILES string of the molecule is O=C(O)c1ccc(COc2ccccc2C=C2SC(=O)N(Cc3c(F)cccc3Cl)C2=O)cc1. The summed E-state index contributed by atoms with van der Waals surface area (Å²) in [5.74, 6) is -1.67. The van der Waals surface area contributed by atoms with Crippen molar-refractivity contribution in [3.05, 3.63) is 105 Å². The summed E-state index contributed by atoms with van der Waals surface area (Å²) >= 11 is 6.80. The molecule has 1 saturated heterocycles. The van der Waals surface area contributed by atoms with Crippen LogP contribution in [0.2, 0.25) is 5.02 Å². The van der Waals surface area contributed by atoms with Gasteiger partial charge < -0.3 is 9.84 Å². The summed E-state index contributed by atoms with van der Waals surface area (Å²) in [4.78, 5) is 37.5. The number of carboxylic acid groups (broad SMARTS) is 1. The molecule has 0 saturated carbocycles. The van der Waals surface area contributed by atoms with Gasteiger partial charge in [-0.1, -0.05) is 48.0 Å². The van der Waals surface area contributed by atoms with Gasteiger partial charge in [0.25, 0.3) is 11.1 Å². The van der Waals surface area contributed by atoms with E-state index < -0.39 is 22.9 Å². The van der Waals surface area contributed by atoms with Gasteiger partial charge >= 0.3 is 5.97 Å². The lowest BCUT2D eigenvalue weighted by molar-refractivity contribution is -0.123. The third-order valence-electron chi connectivity index (χ3n) is 5.05. The van der Waals surface area contributed by atoms with Gasteiger partial charge in [0, 0.05) is 16.1 Å². The van der Waals surface area contributed by atoms with E-state index in [1.54, 1.807) is 42.5 Å². The molecule has 4 rings (SSSR count). The van der Waals surface area contributed by atoms with Crippen LogP contribution in [0.5, 0.6) is 5.75 Å². The molecule has 3 aromatic rings. The fourth-order valence-electron chi connectivity index (χ4n) is 3.25. The predicted molar refractivity (Wildman–Crippen MR) is 127 cm³/mol. The van der Waals surface area contributed by atoms with Crippen LogP contribution < -0.4 is 4.74 Å². The molecule has 0 radical (unpaired) electrons. The fourth-order valence-corrected chi connectivity index (χ4v) is 4.31. The lowest BCUT2D eigenvalue weighted by atomic mass is 10.1. The molecule has 0 atom stereocenters. The number of amides is 2. The van der Waals surface area contributed by atoms with Crippen LogP contribution in [0.15, 0.2) is 71.6 Å². The van der Waals surface area contributed by atoms with Crippen molar-refractivity contribution in [3.63, 3.8) is 0 Å². The first-order valence-electron chi connectivity index (χ1n) is 10.1. The molecule has 1 aliphatic heterocycles. The normalized spacial score (nSPS) is 14.6. The van der Waals surface area contributed by atoms with Crippen LogP contribution in [0.25, 0.3) is 6.08 Å². The zero-order chi connectivity index (χ0) is 24.2. The van der Waals surface area contributed by atoms with Crippen LogP contribution in [0.1, 0.15) is 27.0 Å². The topological polar surface area (TPSA) is 83.9 Å². The minimum absolute atomic E-state index is 0.0744. The standard InChI is InChI=1S/C25H17ClFNO5S/c26-19-5-3-6-20(27)18(19)13-28-23(29)22(34-25(28)32)12-17-4-1-2-7-21(17)33-14-15-8-10-16(11-9-15)24(30)31/h1-12H,13-14H2,(H,30,31). The number of ether oxygens (including phenoxy) is 1. The van der Waals surface area contributed by atoms with Gasteiger partial charge in [0.1, 0.15) is 18.2 Å². The molecule has 0 aliphatic carbocycles. The maximum atomic E-state index is 14.1. The van der Waals surface area contributed by atoms with Crippen molar-refractivity contribution in [1.82, 2.24) is 4.90 Å². The second-order valence-electron chi connectivity index (χ2n) is 7.30. The summed E-state index contributed by atoms with van der Waals surface area (Å²) in [7, 11) is 0. The molecule has 3 aromatic carbocycles. The molecule has 2 amide bonds. The quantitative estimate of drug-likeness (QED) is 0.403. The van der Waals surface area contributed by atoms with Gasteiger partial charge in [0.15, 0.2) is 0 Å². The van der Waals surface area contributed by atoms with Gasteiger partial charge in [-0.15, -0.1) is 0 Å². The molecule has 0 spiro atoms. The molecule has 9 heteroatoms. The Balaban J connectivity index is 1.51. The van der Waals surface area contributed by atoms with Gasteiger partial charge in [0.2, 0.25) is 0 Å². The number of para-hydroxylation sites is 1. The monoisotopic (exact) mass is 497 g/mol. The molecule has 34 heavy (non-hydrogen) atoms. The second kappa shape index (κ2) is 10.1. The average molecular weight is 498 g/mol. The van der Waals surface area contributed by atoms with Crippen molar-refractivity contribution in [2.24, 2.45) is 0 Å². The Labute approximate surface area is 203 Å². The van der Waals surface area contributed by atoms with Gasteiger partial charge in [-0.05, 0) is 53.7 Å². The van der Waals surface area contributed by atoms with Crippen molar-refractivity contribution >= 4 is 46.6 Å². The zero-order valence-electron chi connectivity index (χ0n) is 17.5. The number of carbonyl (C=O) groups is 3. The highest BCUT2D eigenvalue weighted by atomic mass is 35.5. The number of imide groups is 1. The molecule has 6 nitrogen and oxygen atoms in total. The molecule has 172 valence electrons. The zero-order valence-corrected chi connectivity index (χ0v) is 19.1.